The smallest absolute Gasteiger partial charge is 0.0643 e. The molecule has 70 valence electrons. The molecule has 0 unspecified atom stereocenters. The lowest BCUT2D eigenvalue weighted by molar-refractivity contribution is 1.40. The summed E-state index contributed by atoms with van der Waals surface area (Å²) in [7, 11) is 0. The van der Waals surface area contributed by atoms with Crippen molar-refractivity contribution in [2.24, 2.45) is 0 Å². The number of para-hydroxylation sites is 1. The van der Waals surface area contributed by atoms with Gasteiger partial charge in [-0.3, -0.25) is 0 Å². The molecule has 0 aliphatic rings. The number of fused-ring (bicyclic) bond motifs is 1. The number of aromatic nitrogens is 1. The van der Waals surface area contributed by atoms with E-state index in [1.807, 2.05) is 37.3 Å². The number of nitrogens with one attached hydrogen (secondary N) is 2. The van der Waals surface area contributed by atoms with Gasteiger partial charge in [-0.25, -0.2) is 0 Å². The fourth-order valence-electron chi connectivity index (χ4n) is 1.64. The summed E-state index contributed by atoms with van der Waals surface area (Å²) in [5, 5.41) is 8.48. The quantitative estimate of drug-likeness (QED) is 0.673. The second-order valence-corrected chi connectivity index (χ2v) is 3.14. The molecule has 2 rings (SSSR count). The van der Waals surface area contributed by atoms with Crippen LogP contribution in [0.5, 0.6) is 0 Å². The molecule has 2 N–H and O–H groups in total. The van der Waals surface area contributed by atoms with Gasteiger partial charge in [0.05, 0.1) is 5.69 Å². The normalized spacial score (nSPS) is 11.2. The molecule has 0 aliphatic carbocycles. The van der Waals surface area contributed by atoms with Crippen LogP contribution < -0.4 is 0 Å². The Morgan fingerprint density at radius 2 is 2.07 bits per heavy atom. The number of aromatic amines is 1. The molecular weight excluding hydrogens is 172 g/mol. The molecule has 2 heteroatoms. The first-order valence-electron chi connectivity index (χ1n) is 4.60. The summed E-state index contributed by atoms with van der Waals surface area (Å²) in [5.41, 5.74) is 3.04. The van der Waals surface area contributed by atoms with Crippen molar-refractivity contribution in [3.8, 4) is 0 Å². The molecule has 1 aromatic heterocycles. The molecule has 0 radical (unpaired) electrons. The van der Waals surface area contributed by atoms with Gasteiger partial charge >= 0.3 is 0 Å². The third kappa shape index (κ3) is 1.25. The molecular formula is C12H12N2. The van der Waals surface area contributed by atoms with Gasteiger partial charge in [-0.15, -0.1) is 0 Å². The Morgan fingerprint density at radius 3 is 2.79 bits per heavy atom. The first kappa shape index (κ1) is 8.75. The lowest BCUT2D eigenvalue weighted by Gasteiger charge is -1.91. The monoisotopic (exact) mass is 184 g/mol. The van der Waals surface area contributed by atoms with Crippen molar-refractivity contribution in [1.29, 1.82) is 5.41 Å². The Kier molecular flexibility index (Phi) is 2.19. The summed E-state index contributed by atoms with van der Waals surface area (Å²) in [6.07, 6.45) is 5.37. The number of allylic oxidation sites excluding steroid dienone is 1. The summed E-state index contributed by atoms with van der Waals surface area (Å²) >= 11 is 0. The summed E-state index contributed by atoms with van der Waals surface area (Å²) in [6, 6.07) is 8.09. The zero-order valence-corrected chi connectivity index (χ0v) is 8.04. The molecule has 0 fully saturated rings. The van der Waals surface area contributed by atoms with E-state index in [1.165, 1.54) is 11.6 Å². The van der Waals surface area contributed by atoms with Crippen molar-refractivity contribution < 1.29 is 0 Å². The average molecular weight is 184 g/mol. The van der Waals surface area contributed by atoms with Gasteiger partial charge < -0.3 is 10.4 Å². The van der Waals surface area contributed by atoms with Crippen LogP contribution in [0.25, 0.3) is 17.0 Å². The summed E-state index contributed by atoms with van der Waals surface area (Å²) in [5.74, 6) is 0. The van der Waals surface area contributed by atoms with Gasteiger partial charge in [-0.2, -0.15) is 0 Å². The van der Waals surface area contributed by atoms with Gasteiger partial charge in [-0.05, 0) is 13.0 Å². The van der Waals surface area contributed by atoms with E-state index in [0.717, 1.165) is 16.8 Å². The number of rotatable bonds is 2. The predicted octanol–water partition coefficient (Wildman–Crippen LogP) is 3.20. The van der Waals surface area contributed by atoms with E-state index in [0.29, 0.717) is 0 Å². The van der Waals surface area contributed by atoms with Crippen molar-refractivity contribution in [3.05, 3.63) is 41.6 Å². The zero-order valence-electron chi connectivity index (χ0n) is 8.04. The van der Waals surface area contributed by atoms with Crippen LogP contribution in [0.15, 0.2) is 30.3 Å². The Balaban J connectivity index is 2.80. The van der Waals surface area contributed by atoms with Crippen LogP contribution in [-0.4, -0.2) is 11.2 Å². The first-order chi connectivity index (χ1) is 6.86. The third-order valence-electron chi connectivity index (χ3n) is 2.25. The van der Waals surface area contributed by atoms with Crippen LogP contribution in [0.2, 0.25) is 0 Å². The molecule has 0 spiro atoms. The molecule has 1 heterocycles. The Labute approximate surface area is 82.8 Å². The highest BCUT2D eigenvalue weighted by Crippen LogP contribution is 2.22. The lowest BCUT2D eigenvalue weighted by Crippen LogP contribution is -1.81. The van der Waals surface area contributed by atoms with Gasteiger partial charge in [0.25, 0.3) is 0 Å². The maximum atomic E-state index is 7.31. The molecule has 0 saturated heterocycles. The number of hydrogen-bond donors (Lipinski definition) is 2. The van der Waals surface area contributed by atoms with Gasteiger partial charge in [-0.1, -0.05) is 30.4 Å². The lowest BCUT2D eigenvalue weighted by atomic mass is 10.1. The van der Waals surface area contributed by atoms with Crippen LogP contribution in [-0.2, 0) is 0 Å². The SMILES string of the molecule is C/C=C\c1c(C=N)[nH]c2ccccc12. The third-order valence-corrected chi connectivity index (χ3v) is 2.25. The minimum Gasteiger partial charge on any atom is -0.353 e. The van der Waals surface area contributed by atoms with Gasteiger partial charge in [0.1, 0.15) is 0 Å². The zero-order chi connectivity index (χ0) is 9.97. The van der Waals surface area contributed by atoms with Crippen LogP contribution in [0, 0.1) is 5.41 Å². The molecule has 2 aromatic rings. The number of H-pyrrole nitrogens is 1. The van der Waals surface area contributed by atoms with Crippen LogP contribution in [0.4, 0.5) is 0 Å². The molecule has 0 atom stereocenters. The van der Waals surface area contributed by atoms with Gasteiger partial charge in [0, 0.05) is 22.7 Å². The van der Waals surface area contributed by atoms with E-state index >= 15 is 0 Å². The van der Waals surface area contributed by atoms with Crippen molar-refractivity contribution in [2.45, 2.75) is 6.92 Å². The Morgan fingerprint density at radius 1 is 1.29 bits per heavy atom. The van der Waals surface area contributed by atoms with E-state index in [4.69, 9.17) is 5.41 Å². The van der Waals surface area contributed by atoms with E-state index in [2.05, 4.69) is 11.1 Å². The maximum Gasteiger partial charge on any atom is 0.0643 e. The molecule has 0 bridgehead atoms. The average Bonchev–Trinajstić information content (AvgIpc) is 2.58. The molecule has 14 heavy (non-hydrogen) atoms. The minimum atomic E-state index is 0.865. The highest BCUT2D eigenvalue weighted by Gasteiger charge is 2.05. The van der Waals surface area contributed by atoms with Crippen LogP contribution in [0.1, 0.15) is 18.2 Å². The molecule has 1 aromatic carbocycles. The summed E-state index contributed by atoms with van der Waals surface area (Å²) in [6.45, 7) is 1.98. The summed E-state index contributed by atoms with van der Waals surface area (Å²) < 4.78 is 0. The summed E-state index contributed by atoms with van der Waals surface area (Å²) in [4.78, 5) is 3.20. The van der Waals surface area contributed by atoms with Crippen molar-refractivity contribution >= 4 is 23.2 Å². The highest BCUT2D eigenvalue weighted by atomic mass is 14.7. The predicted molar refractivity (Wildman–Crippen MR) is 60.9 cm³/mol. The van der Waals surface area contributed by atoms with Crippen LogP contribution in [0.3, 0.4) is 0 Å². The van der Waals surface area contributed by atoms with Crippen molar-refractivity contribution in [2.75, 3.05) is 0 Å². The van der Waals surface area contributed by atoms with Gasteiger partial charge in [0.2, 0.25) is 0 Å². The van der Waals surface area contributed by atoms with Crippen molar-refractivity contribution in [1.82, 2.24) is 4.98 Å². The van der Waals surface area contributed by atoms with E-state index < -0.39 is 0 Å². The Hall–Kier alpha value is -1.83. The first-order valence-corrected chi connectivity index (χ1v) is 4.60. The molecule has 0 amide bonds. The standard InChI is InChI=1S/C12H12N2/c1-2-5-9-10-6-3-4-7-11(10)14-12(9)8-13/h2-8,13-14H,1H3/b5-2-,13-8?. The molecule has 0 aliphatic heterocycles. The Bertz CT molecular complexity index is 492. The van der Waals surface area contributed by atoms with E-state index in [9.17, 15) is 0 Å². The fourth-order valence-corrected chi connectivity index (χ4v) is 1.64. The second kappa shape index (κ2) is 3.50. The number of hydrogen-bond acceptors (Lipinski definition) is 1. The molecule has 0 saturated carbocycles. The minimum absolute atomic E-state index is 0.865. The molecule has 2 nitrogen and oxygen atoms in total. The topological polar surface area (TPSA) is 39.6 Å². The van der Waals surface area contributed by atoms with E-state index in [-0.39, 0.29) is 0 Å². The fraction of sp³-hybridized carbons (Fsp3) is 0.0833. The maximum absolute atomic E-state index is 7.31. The largest absolute Gasteiger partial charge is 0.353 e. The number of benzene rings is 1. The highest BCUT2D eigenvalue weighted by molar-refractivity contribution is 5.98. The van der Waals surface area contributed by atoms with Gasteiger partial charge in [0.15, 0.2) is 0 Å². The second-order valence-electron chi connectivity index (χ2n) is 3.14. The van der Waals surface area contributed by atoms with Crippen LogP contribution >= 0.6 is 0 Å². The van der Waals surface area contributed by atoms with Crippen molar-refractivity contribution in [3.63, 3.8) is 0 Å². The van der Waals surface area contributed by atoms with E-state index in [1.54, 1.807) is 0 Å².